The van der Waals surface area contributed by atoms with Gasteiger partial charge in [0.2, 0.25) is 11.8 Å². The molecule has 2 amide bonds. The smallest absolute Gasteiger partial charge is 0.242 e. The summed E-state index contributed by atoms with van der Waals surface area (Å²) in [5, 5.41) is 8.88. The number of fused-ring (bicyclic) bond motifs is 1. The number of hydrogen-bond donors (Lipinski definition) is 4. The highest BCUT2D eigenvalue weighted by Crippen LogP contribution is 2.31. The molecule has 4 aromatic carbocycles. The predicted octanol–water partition coefficient (Wildman–Crippen LogP) is 3.90. The van der Waals surface area contributed by atoms with Gasteiger partial charge in [0.05, 0.1) is 18.5 Å². The first-order chi connectivity index (χ1) is 20.9. The quantitative estimate of drug-likeness (QED) is 0.168. The Bertz CT molecular complexity index is 1520. The van der Waals surface area contributed by atoms with Gasteiger partial charge in [0.25, 0.3) is 0 Å². The van der Waals surface area contributed by atoms with E-state index in [1.165, 1.54) is 0 Å². The monoisotopic (exact) mass is 576 g/mol. The Kier molecular flexibility index (Phi) is 9.69. The van der Waals surface area contributed by atoms with Crippen molar-refractivity contribution in [2.75, 3.05) is 13.1 Å². The van der Waals surface area contributed by atoms with E-state index in [0.29, 0.717) is 25.9 Å². The number of nitrogens with zero attached hydrogens (tertiary/aromatic N) is 2. The van der Waals surface area contributed by atoms with Crippen molar-refractivity contribution in [3.8, 4) is 0 Å². The van der Waals surface area contributed by atoms with Crippen LogP contribution in [0.3, 0.4) is 0 Å². The average Bonchev–Trinajstić information content (AvgIpc) is 3.18. The maximum Gasteiger partial charge on any atom is 0.242 e. The lowest BCUT2D eigenvalue weighted by Crippen LogP contribution is -2.54. The van der Waals surface area contributed by atoms with Crippen molar-refractivity contribution in [1.82, 2.24) is 15.5 Å². The maximum atomic E-state index is 14.4. The number of rotatable bonds is 10. The first kappa shape index (κ1) is 29.8. The van der Waals surface area contributed by atoms with Crippen molar-refractivity contribution >= 4 is 28.5 Å². The Morgan fingerprint density at radius 3 is 2.19 bits per heavy atom. The van der Waals surface area contributed by atoms with Gasteiger partial charge in [0.15, 0.2) is 5.96 Å². The van der Waals surface area contributed by atoms with E-state index in [0.717, 1.165) is 27.5 Å². The molecule has 0 bridgehead atoms. The summed E-state index contributed by atoms with van der Waals surface area (Å²) in [6.07, 6.45) is 1.49. The van der Waals surface area contributed by atoms with Gasteiger partial charge < -0.3 is 21.7 Å². The minimum absolute atomic E-state index is 0.0554. The summed E-state index contributed by atoms with van der Waals surface area (Å²) in [4.78, 5) is 33.8. The molecular formula is C35H40N6O2. The zero-order chi connectivity index (χ0) is 30.2. The number of hydrogen-bond acceptors (Lipinski definition) is 4. The molecule has 1 aliphatic heterocycles. The highest BCUT2D eigenvalue weighted by molar-refractivity contribution is 5.86. The zero-order valence-corrected chi connectivity index (χ0v) is 24.5. The standard InChI is InChI=1S/C35H40N6O2/c1-2-30(40-35(36)37)32-34(43)41(33(26-12-5-3-6-13-26)27-14-7-4-8-15-27)20-19-29(39-32)23-38-31(42)22-24-17-18-25-11-9-10-16-28(25)21-24/h3-18,21,29-30,32-33,39H,2,19-20,22-23H2,1H3,(H,38,42)(H4,36,37,40)/t29-,30?,32-/m0/s1. The van der Waals surface area contributed by atoms with E-state index in [9.17, 15) is 9.59 Å². The van der Waals surface area contributed by atoms with Crippen LogP contribution in [0.4, 0.5) is 0 Å². The Morgan fingerprint density at radius 1 is 0.930 bits per heavy atom. The molecule has 4 aromatic rings. The lowest BCUT2D eigenvalue weighted by atomic mass is 9.95. The second-order valence-electron chi connectivity index (χ2n) is 11.1. The molecule has 222 valence electrons. The maximum absolute atomic E-state index is 14.4. The van der Waals surface area contributed by atoms with Gasteiger partial charge in [-0.05, 0) is 40.3 Å². The van der Waals surface area contributed by atoms with Gasteiger partial charge >= 0.3 is 0 Å². The van der Waals surface area contributed by atoms with Crippen LogP contribution in [0.5, 0.6) is 0 Å². The topological polar surface area (TPSA) is 126 Å². The van der Waals surface area contributed by atoms with Crippen LogP contribution in [-0.2, 0) is 16.0 Å². The molecule has 1 fully saturated rings. The van der Waals surface area contributed by atoms with Gasteiger partial charge in [0.1, 0.15) is 6.04 Å². The number of aliphatic imine (C=N–C) groups is 1. The Morgan fingerprint density at radius 2 is 1.56 bits per heavy atom. The zero-order valence-electron chi connectivity index (χ0n) is 24.5. The summed E-state index contributed by atoms with van der Waals surface area (Å²) in [5.74, 6) is -0.191. The number of carbonyl (C=O) groups is 2. The Labute approximate surface area is 253 Å². The molecule has 5 rings (SSSR count). The van der Waals surface area contributed by atoms with Crippen LogP contribution in [0.2, 0.25) is 0 Å². The van der Waals surface area contributed by atoms with E-state index in [2.05, 4.69) is 52.0 Å². The highest BCUT2D eigenvalue weighted by atomic mass is 16.2. The average molecular weight is 577 g/mol. The Balaban J connectivity index is 1.37. The van der Waals surface area contributed by atoms with Crippen LogP contribution in [0.25, 0.3) is 10.8 Å². The fourth-order valence-electron chi connectivity index (χ4n) is 5.93. The number of nitrogens with one attached hydrogen (secondary N) is 2. The number of amides is 2. The van der Waals surface area contributed by atoms with E-state index in [4.69, 9.17) is 11.5 Å². The van der Waals surface area contributed by atoms with Gasteiger partial charge in [-0.3, -0.25) is 14.9 Å². The summed E-state index contributed by atoms with van der Waals surface area (Å²) >= 11 is 0. The molecule has 1 heterocycles. The molecule has 1 saturated heterocycles. The molecule has 3 atom stereocenters. The van der Waals surface area contributed by atoms with Gasteiger partial charge in [-0.2, -0.15) is 0 Å². The summed E-state index contributed by atoms with van der Waals surface area (Å²) in [6.45, 7) is 2.84. The molecule has 0 radical (unpaired) electrons. The van der Waals surface area contributed by atoms with Crippen LogP contribution in [0.1, 0.15) is 42.5 Å². The molecule has 0 spiro atoms. The number of nitrogens with two attached hydrogens (primary N) is 2. The van der Waals surface area contributed by atoms with Crippen molar-refractivity contribution in [2.45, 2.75) is 50.4 Å². The molecular weight excluding hydrogens is 536 g/mol. The number of benzene rings is 4. The third kappa shape index (κ3) is 7.40. The van der Waals surface area contributed by atoms with Crippen LogP contribution in [0, 0.1) is 0 Å². The van der Waals surface area contributed by atoms with Crippen molar-refractivity contribution in [3.05, 3.63) is 120 Å². The number of carbonyl (C=O) groups excluding carboxylic acids is 2. The van der Waals surface area contributed by atoms with E-state index in [-0.39, 0.29) is 36.3 Å². The summed E-state index contributed by atoms with van der Waals surface area (Å²) in [7, 11) is 0. The van der Waals surface area contributed by atoms with Gasteiger partial charge in [-0.25, -0.2) is 4.99 Å². The SMILES string of the molecule is CCC(N=C(N)N)[C@@H]1N[C@H](CNC(=O)Cc2ccc3ccccc3c2)CCN(C(c2ccccc2)c2ccccc2)C1=O. The molecule has 0 saturated carbocycles. The normalized spacial score (nSPS) is 17.8. The third-order valence-electron chi connectivity index (χ3n) is 8.07. The molecule has 0 aromatic heterocycles. The van der Waals surface area contributed by atoms with Gasteiger partial charge in [-0.15, -0.1) is 0 Å². The predicted molar refractivity (Wildman–Crippen MR) is 172 cm³/mol. The lowest BCUT2D eigenvalue weighted by molar-refractivity contribution is -0.134. The van der Waals surface area contributed by atoms with E-state index < -0.39 is 12.1 Å². The van der Waals surface area contributed by atoms with Crippen LogP contribution >= 0.6 is 0 Å². The van der Waals surface area contributed by atoms with Crippen molar-refractivity contribution < 1.29 is 9.59 Å². The highest BCUT2D eigenvalue weighted by Gasteiger charge is 2.39. The summed E-state index contributed by atoms with van der Waals surface area (Å²) in [6, 6.07) is 32.8. The molecule has 8 nitrogen and oxygen atoms in total. The van der Waals surface area contributed by atoms with E-state index in [1.807, 2.05) is 78.6 Å². The molecule has 1 unspecified atom stereocenters. The lowest BCUT2D eigenvalue weighted by Gasteiger charge is -2.34. The summed E-state index contributed by atoms with van der Waals surface area (Å²) < 4.78 is 0. The first-order valence-corrected chi connectivity index (χ1v) is 14.9. The fourth-order valence-corrected chi connectivity index (χ4v) is 5.93. The van der Waals surface area contributed by atoms with Crippen LogP contribution in [-0.4, -0.2) is 53.9 Å². The van der Waals surface area contributed by atoms with Crippen LogP contribution in [0.15, 0.2) is 108 Å². The third-order valence-corrected chi connectivity index (χ3v) is 8.07. The minimum atomic E-state index is -0.660. The molecule has 43 heavy (non-hydrogen) atoms. The fraction of sp³-hybridized carbons (Fsp3) is 0.286. The van der Waals surface area contributed by atoms with Crippen LogP contribution < -0.4 is 22.1 Å². The van der Waals surface area contributed by atoms with Crippen molar-refractivity contribution in [2.24, 2.45) is 16.5 Å². The minimum Gasteiger partial charge on any atom is -0.370 e. The molecule has 6 N–H and O–H groups in total. The first-order valence-electron chi connectivity index (χ1n) is 14.9. The molecule has 0 aliphatic carbocycles. The largest absolute Gasteiger partial charge is 0.370 e. The molecule has 8 heteroatoms. The van der Waals surface area contributed by atoms with Gasteiger partial charge in [-0.1, -0.05) is 110 Å². The Hall–Kier alpha value is -4.69. The summed E-state index contributed by atoms with van der Waals surface area (Å²) in [5.41, 5.74) is 14.6. The van der Waals surface area contributed by atoms with Gasteiger partial charge in [0, 0.05) is 19.1 Å². The molecule has 1 aliphatic rings. The second kappa shape index (κ2) is 14.0. The number of guanidine groups is 1. The van der Waals surface area contributed by atoms with Crippen molar-refractivity contribution in [3.63, 3.8) is 0 Å². The van der Waals surface area contributed by atoms with E-state index in [1.54, 1.807) is 0 Å². The second-order valence-corrected chi connectivity index (χ2v) is 11.1. The van der Waals surface area contributed by atoms with Crippen molar-refractivity contribution in [1.29, 1.82) is 0 Å². The van der Waals surface area contributed by atoms with E-state index >= 15 is 0 Å².